The van der Waals surface area contributed by atoms with Gasteiger partial charge in [0.2, 0.25) is 0 Å². The summed E-state index contributed by atoms with van der Waals surface area (Å²) in [4.78, 5) is 0. The van der Waals surface area contributed by atoms with Crippen molar-refractivity contribution in [3.63, 3.8) is 0 Å². The second-order valence-corrected chi connectivity index (χ2v) is 5.04. The van der Waals surface area contributed by atoms with Crippen LogP contribution < -0.4 is 5.32 Å². The maximum absolute atomic E-state index is 12.0. The van der Waals surface area contributed by atoms with Crippen molar-refractivity contribution in [2.75, 3.05) is 19.8 Å². The Balaban J connectivity index is 2.45. The van der Waals surface area contributed by atoms with Crippen LogP contribution in [0.2, 0.25) is 0 Å². The first-order chi connectivity index (χ1) is 9.63. The van der Waals surface area contributed by atoms with Gasteiger partial charge < -0.3 is 10.1 Å². The highest BCUT2D eigenvalue weighted by molar-refractivity contribution is 5.26. The summed E-state index contributed by atoms with van der Waals surface area (Å²) in [7, 11) is 0. The van der Waals surface area contributed by atoms with Crippen molar-refractivity contribution in [3.05, 3.63) is 35.4 Å². The predicted molar refractivity (Wildman–Crippen MR) is 78.4 cm³/mol. The third-order valence-electron chi connectivity index (χ3n) is 3.27. The summed E-state index contributed by atoms with van der Waals surface area (Å²) < 4.78 is 29.0. The van der Waals surface area contributed by atoms with Crippen molar-refractivity contribution in [1.29, 1.82) is 0 Å². The van der Waals surface area contributed by atoms with E-state index in [2.05, 4.69) is 31.3 Å². The van der Waals surface area contributed by atoms with Crippen molar-refractivity contribution in [3.8, 4) is 0 Å². The van der Waals surface area contributed by atoms with Crippen LogP contribution in [0, 0.1) is 6.92 Å². The van der Waals surface area contributed by atoms with Gasteiger partial charge in [0, 0.05) is 12.6 Å². The molecule has 0 aromatic heterocycles. The highest BCUT2D eigenvalue weighted by atomic mass is 19.3. The Morgan fingerprint density at radius 1 is 1.25 bits per heavy atom. The molecule has 20 heavy (non-hydrogen) atoms. The van der Waals surface area contributed by atoms with Crippen molar-refractivity contribution < 1.29 is 13.5 Å². The molecule has 1 aromatic rings. The standard InChI is InChI=1S/C16H25F2NO/c1-3-9-19-15(8-10-20-12-16(17)18)11-14-7-5-4-6-13(14)2/h4-7,15-16,19H,3,8-12H2,1-2H3. The molecule has 1 unspecified atom stereocenters. The second-order valence-electron chi connectivity index (χ2n) is 5.04. The average molecular weight is 285 g/mol. The maximum atomic E-state index is 12.0. The number of ether oxygens (including phenoxy) is 1. The minimum absolute atomic E-state index is 0.272. The molecular weight excluding hydrogens is 260 g/mol. The number of aryl methyl sites for hydroxylation is 1. The number of benzene rings is 1. The van der Waals surface area contributed by atoms with E-state index in [4.69, 9.17) is 4.74 Å². The molecule has 114 valence electrons. The third kappa shape index (κ3) is 6.96. The highest BCUT2D eigenvalue weighted by Crippen LogP contribution is 2.11. The largest absolute Gasteiger partial charge is 0.375 e. The van der Waals surface area contributed by atoms with Crippen LogP contribution in [-0.2, 0) is 11.2 Å². The van der Waals surface area contributed by atoms with Crippen molar-refractivity contribution in [2.24, 2.45) is 0 Å². The van der Waals surface area contributed by atoms with Crippen molar-refractivity contribution in [1.82, 2.24) is 5.32 Å². The molecule has 0 aliphatic carbocycles. The lowest BCUT2D eigenvalue weighted by Crippen LogP contribution is -2.33. The molecule has 1 atom stereocenters. The van der Waals surface area contributed by atoms with Gasteiger partial charge in [-0.2, -0.15) is 0 Å². The topological polar surface area (TPSA) is 21.3 Å². The van der Waals surface area contributed by atoms with E-state index >= 15 is 0 Å². The fourth-order valence-electron chi connectivity index (χ4n) is 2.13. The lowest BCUT2D eigenvalue weighted by Gasteiger charge is -2.19. The Hall–Kier alpha value is -1.00. The van der Waals surface area contributed by atoms with Crippen molar-refractivity contribution in [2.45, 2.75) is 45.6 Å². The first-order valence-corrected chi connectivity index (χ1v) is 7.27. The molecule has 0 heterocycles. The van der Waals surface area contributed by atoms with Crippen LogP contribution in [0.3, 0.4) is 0 Å². The summed E-state index contributed by atoms with van der Waals surface area (Å²) >= 11 is 0. The summed E-state index contributed by atoms with van der Waals surface area (Å²) in [5.41, 5.74) is 2.57. The lowest BCUT2D eigenvalue weighted by atomic mass is 9.99. The van der Waals surface area contributed by atoms with Gasteiger partial charge in [0.25, 0.3) is 6.43 Å². The Morgan fingerprint density at radius 2 is 2.00 bits per heavy atom. The minimum atomic E-state index is -2.38. The van der Waals surface area contributed by atoms with Crippen LogP contribution in [-0.4, -0.2) is 32.2 Å². The fourth-order valence-corrected chi connectivity index (χ4v) is 2.13. The summed E-state index contributed by atoms with van der Waals surface area (Å²) in [6.45, 7) is 5.05. The van der Waals surface area contributed by atoms with E-state index in [1.165, 1.54) is 11.1 Å². The molecule has 1 rings (SSSR count). The third-order valence-corrected chi connectivity index (χ3v) is 3.27. The fraction of sp³-hybridized carbons (Fsp3) is 0.625. The van der Waals surface area contributed by atoms with Gasteiger partial charge >= 0.3 is 0 Å². The van der Waals surface area contributed by atoms with E-state index < -0.39 is 13.0 Å². The number of nitrogens with one attached hydrogen (secondary N) is 1. The van der Waals surface area contributed by atoms with Crippen LogP contribution in [0.5, 0.6) is 0 Å². The first-order valence-electron chi connectivity index (χ1n) is 7.27. The summed E-state index contributed by atoms with van der Waals surface area (Å²) in [6.07, 6.45) is 0.335. The number of hydrogen-bond donors (Lipinski definition) is 1. The van der Waals surface area contributed by atoms with Gasteiger partial charge in [-0.05, 0) is 43.9 Å². The quantitative estimate of drug-likeness (QED) is 0.663. The van der Waals surface area contributed by atoms with E-state index in [1.807, 2.05) is 12.1 Å². The Bertz CT molecular complexity index is 371. The van der Waals surface area contributed by atoms with Gasteiger partial charge in [-0.3, -0.25) is 0 Å². The Morgan fingerprint density at radius 3 is 2.65 bits per heavy atom. The minimum Gasteiger partial charge on any atom is -0.375 e. The molecule has 0 bridgehead atoms. The molecule has 0 spiro atoms. The molecule has 4 heteroatoms. The van der Waals surface area contributed by atoms with Crippen LogP contribution >= 0.6 is 0 Å². The summed E-state index contributed by atoms with van der Waals surface area (Å²) in [5, 5.41) is 3.47. The van der Waals surface area contributed by atoms with Crippen LogP contribution in [0.15, 0.2) is 24.3 Å². The van der Waals surface area contributed by atoms with Crippen molar-refractivity contribution >= 4 is 0 Å². The normalized spacial score (nSPS) is 12.8. The Labute approximate surface area is 120 Å². The van der Waals surface area contributed by atoms with Gasteiger partial charge in [0.15, 0.2) is 0 Å². The SMILES string of the molecule is CCCNC(CCOCC(F)F)Cc1ccccc1C. The Kier molecular flexibility index (Phi) is 8.38. The summed E-state index contributed by atoms with van der Waals surface area (Å²) in [6, 6.07) is 8.55. The molecular formula is C16H25F2NO. The lowest BCUT2D eigenvalue weighted by molar-refractivity contribution is 0.0144. The monoisotopic (exact) mass is 285 g/mol. The van der Waals surface area contributed by atoms with Gasteiger partial charge in [0.05, 0.1) is 0 Å². The molecule has 0 aliphatic heterocycles. The zero-order chi connectivity index (χ0) is 14.8. The first kappa shape index (κ1) is 17.1. The average Bonchev–Trinajstić information content (AvgIpc) is 2.42. The maximum Gasteiger partial charge on any atom is 0.261 e. The van der Waals surface area contributed by atoms with Gasteiger partial charge in [-0.25, -0.2) is 8.78 Å². The molecule has 0 saturated heterocycles. The van der Waals surface area contributed by atoms with Crippen LogP contribution in [0.25, 0.3) is 0 Å². The zero-order valence-corrected chi connectivity index (χ0v) is 12.4. The molecule has 0 fully saturated rings. The van der Waals surface area contributed by atoms with Gasteiger partial charge in [0.1, 0.15) is 6.61 Å². The predicted octanol–water partition coefficient (Wildman–Crippen LogP) is 3.58. The van der Waals surface area contributed by atoms with E-state index in [0.29, 0.717) is 6.61 Å². The van der Waals surface area contributed by atoms with Crippen LogP contribution in [0.4, 0.5) is 8.78 Å². The van der Waals surface area contributed by atoms with E-state index in [9.17, 15) is 8.78 Å². The second kappa shape index (κ2) is 9.83. The van der Waals surface area contributed by atoms with E-state index in [0.717, 1.165) is 25.8 Å². The van der Waals surface area contributed by atoms with Gasteiger partial charge in [-0.15, -0.1) is 0 Å². The molecule has 2 nitrogen and oxygen atoms in total. The van der Waals surface area contributed by atoms with E-state index in [-0.39, 0.29) is 6.04 Å². The number of rotatable bonds is 10. The number of hydrogen-bond acceptors (Lipinski definition) is 2. The molecule has 0 radical (unpaired) electrons. The molecule has 0 saturated carbocycles. The smallest absolute Gasteiger partial charge is 0.261 e. The number of halogens is 2. The molecule has 1 N–H and O–H groups in total. The molecule has 0 amide bonds. The van der Waals surface area contributed by atoms with Crippen LogP contribution in [0.1, 0.15) is 30.9 Å². The van der Waals surface area contributed by atoms with E-state index in [1.54, 1.807) is 0 Å². The zero-order valence-electron chi connectivity index (χ0n) is 12.4. The van der Waals surface area contributed by atoms with Gasteiger partial charge in [-0.1, -0.05) is 31.2 Å². The summed E-state index contributed by atoms with van der Waals surface area (Å²) in [5.74, 6) is 0. The number of alkyl halides is 2. The molecule has 0 aliphatic rings. The highest BCUT2D eigenvalue weighted by Gasteiger charge is 2.11. The molecule has 1 aromatic carbocycles.